The van der Waals surface area contributed by atoms with Gasteiger partial charge in [-0.1, -0.05) is 24.4 Å². The van der Waals surface area contributed by atoms with Crippen molar-refractivity contribution in [2.24, 2.45) is 0 Å². The maximum atomic E-state index is 11.0. The molecule has 0 amide bonds. The van der Waals surface area contributed by atoms with E-state index in [0.29, 0.717) is 12.4 Å². The second-order valence-electron chi connectivity index (χ2n) is 5.93. The zero-order valence-corrected chi connectivity index (χ0v) is 12.6. The van der Waals surface area contributed by atoms with Gasteiger partial charge in [-0.3, -0.25) is 0 Å². The molecule has 1 heterocycles. The summed E-state index contributed by atoms with van der Waals surface area (Å²) < 4.78 is 11.9. The first-order chi connectivity index (χ1) is 10.1. The Hall–Kier alpha value is -1.26. The van der Waals surface area contributed by atoms with Crippen molar-refractivity contribution < 1.29 is 19.4 Å². The van der Waals surface area contributed by atoms with E-state index in [1.54, 1.807) is 12.1 Å². The summed E-state index contributed by atoms with van der Waals surface area (Å²) in [7, 11) is 0. The first kappa shape index (κ1) is 14.7. The van der Waals surface area contributed by atoms with Gasteiger partial charge in [0.15, 0.2) is 0 Å². The normalized spacial score (nSPS) is 23.6. The van der Waals surface area contributed by atoms with E-state index in [1.165, 1.54) is 18.9 Å². The van der Waals surface area contributed by atoms with Crippen LogP contribution < -0.4 is 4.74 Å². The number of hydrogen-bond acceptors (Lipinski definition) is 3. The molecule has 1 aromatic rings. The Bertz CT molecular complexity index is 537. The third-order valence-electron chi connectivity index (χ3n) is 4.46. The minimum atomic E-state index is -1.05. The molecule has 2 aliphatic rings. The SMILES string of the molecule is O=C(O)c1cc(OCC2CCC3(CCCC3)O2)ccc1Cl. The van der Waals surface area contributed by atoms with Gasteiger partial charge in [-0.05, 0) is 43.9 Å². The van der Waals surface area contributed by atoms with Crippen LogP contribution in [0.5, 0.6) is 5.75 Å². The number of carboxylic acids is 1. The molecule has 1 spiro atoms. The highest BCUT2D eigenvalue weighted by molar-refractivity contribution is 6.33. The van der Waals surface area contributed by atoms with Crippen molar-refractivity contribution in [3.63, 3.8) is 0 Å². The van der Waals surface area contributed by atoms with Gasteiger partial charge in [0, 0.05) is 0 Å². The van der Waals surface area contributed by atoms with Crippen molar-refractivity contribution in [3.8, 4) is 5.75 Å². The number of carboxylic acid groups (broad SMARTS) is 1. The number of halogens is 1. The summed E-state index contributed by atoms with van der Waals surface area (Å²) in [5.74, 6) is -0.528. The van der Waals surface area contributed by atoms with E-state index in [0.717, 1.165) is 25.7 Å². The summed E-state index contributed by atoms with van der Waals surface area (Å²) in [6.45, 7) is 0.461. The minimum Gasteiger partial charge on any atom is -0.491 e. The van der Waals surface area contributed by atoms with E-state index in [-0.39, 0.29) is 22.3 Å². The maximum absolute atomic E-state index is 11.0. The lowest BCUT2D eigenvalue weighted by molar-refractivity contribution is -0.0508. The van der Waals surface area contributed by atoms with Crippen LogP contribution in [-0.4, -0.2) is 29.4 Å². The van der Waals surface area contributed by atoms with Gasteiger partial charge in [-0.2, -0.15) is 0 Å². The molecule has 1 unspecified atom stereocenters. The topological polar surface area (TPSA) is 55.8 Å². The van der Waals surface area contributed by atoms with Crippen molar-refractivity contribution in [2.45, 2.75) is 50.2 Å². The van der Waals surface area contributed by atoms with Gasteiger partial charge < -0.3 is 14.6 Å². The molecule has 1 atom stereocenters. The number of hydrogen-bond donors (Lipinski definition) is 1. The lowest BCUT2D eigenvalue weighted by Crippen LogP contribution is -2.27. The highest BCUT2D eigenvalue weighted by atomic mass is 35.5. The summed E-state index contributed by atoms with van der Waals surface area (Å²) in [6.07, 6.45) is 7.06. The van der Waals surface area contributed by atoms with E-state index in [9.17, 15) is 4.79 Å². The van der Waals surface area contributed by atoms with Gasteiger partial charge >= 0.3 is 5.97 Å². The van der Waals surface area contributed by atoms with E-state index >= 15 is 0 Å². The van der Waals surface area contributed by atoms with E-state index in [2.05, 4.69) is 0 Å². The van der Waals surface area contributed by atoms with Gasteiger partial charge in [-0.25, -0.2) is 4.79 Å². The Morgan fingerprint density at radius 2 is 2.14 bits per heavy atom. The predicted molar refractivity (Wildman–Crippen MR) is 79.2 cm³/mol. The molecule has 1 saturated heterocycles. The van der Waals surface area contributed by atoms with Gasteiger partial charge in [0.05, 0.1) is 22.3 Å². The average Bonchev–Trinajstić information content (AvgIpc) is 3.08. The van der Waals surface area contributed by atoms with Crippen LogP contribution in [-0.2, 0) is 4.74 Å². The zero-order chi connectivity index (χ0) is 14.9. The van der Waals surface area contributed by atoms with Crippen LogP contribution in [0, 0.1) is 0 Å². The molecular formula is C16H19ClO4. The molecule has 21 heavy (non-hydrogen) atoms. The summed E-state index contributed by atoms with van der Waals surface area (Å²) in [4.78, 5) is 11.0. The summed E-state index contributed by atoms with van der Waals surface area (Å²) >= 11 is 5.84. The van der Waals surface area contributed by atoms with Crippen molar-refractivity contribution in [2.75, 3.05) is 6.61 Å². The standard InChI is InChI=1S/C16H19ClO4/c17-14-4-3-11(9-13(14)15(18)19)20-10-12-5-8-16(21-12)6-1-2-7-16/h3-4,9,12H,1-2,5-8,10H2,(H,18,19). The molecule has 2 fully saturated rings. The lowest BCUT2D eigenvalue weighted by atomic mass is 9.98. The smallest absolute Gasteiger partial charge is 0.337 e. The molecule has 0 bridgehead atoms. The van der Waals surface area contributed by atoms with Crippen LogP contribution in [0.2, 0.25) is 5.02 Å². The number of carbonyl (C=O) groups is 1. The molecule has 1 saturated carbocycles. The second kappa shape index (κ2) is 5.85. The Morgan fingerprint density at radius 1 is 1.38 bits per heavy atom. The molecule has 4 nitrogen and oxygen atoms in total. The van der Waals surface area contributed by atoms with E-state index < -0.39 is 5.97 Å². The first-order valence-corrected chi connectivity index (χ1v) is 7.79. The molecule has 1 aromatic carbocycles. The molecule has 1 aliphatic carbocycles. The van der Waals surface area contributed by atoms with Crippen LogP contribution >= 0.6 is 11.6 Å². The van der Waals surface area contributed by atoms with Crippen LogP contribution in [0.15, 0.2) is 18.2 Å². The zero-order valence-electron chi connectivity index (χ0n) is 11.8. The van der Waals surface area contributed by atoms with E-state index in [1.807, 2.05) is 0 Å². The molecule has 1 N–H and O–H groups in total. The molecule has 5 heteroatoms. The third-order valence-corrected chi connectivity index (χ3v) is 4.79. The lowest BCUT2D eigenvalue weighted by Gasteiger charge is -2.23. The Balaban J connectivity index is 1.58. The van der Waals surface area contributed by atoms with Gasteiger partial charge in [-0.15, -0.1) is 0 Å². The summed E-state index contributed by atoms with van der Waals surface area (Å²) in [5, 5.41) is 9.26. The van der Waals surface area contributed by atoms with Crippen LogP contribution in [0.3, 0.4) is 0 Å². The first-order valence-electron chi connectivity index (χ1n) is 7.41. The number of ether oxygens (including phenoxy) is 2. The largest absolute Gasteiger partial charge is 0.491 e. The maximum Gasteiger partial charge on any atom is 0.337 e. The van der Waals surface area contributed by atoms with Gasteiger partial charge in [0.1, 0.15) is 12.4 Å². The second-order valence-corrected chi connectivity index (χ2v) is 6.33. The highest BCUT2D eigenvalue weighted by Crippen LogP contribution is 2.43. The molecule has 0 aromatic heterocycles. The average molecular weight is 311 g/mol. The quantitative estimate of drug-likeness (QED) is 0.916. The van der Waals surface area contributed by atoms with Crippen molar-refractivity contribution >= 4 is 17.6 Å². The Kier molecular flexibility index (Phi) is 4.09. The Labute approximate surface area is 129 Å². The van der Waals surface area contributed by atoms with E-state index in [4.69, 9.17) is 26.2 Å². The van der Waals surface area contributed by atoms with Crippen LogP contribution in [0.4, 0.5) is 0 Å². The van der Waals surface area contributed by atoms with Crippen molar-refractivity contribution in [3.05, 3.63) is 28.8 Å². The third kappa shape index (κ3) is 3.16. The molecular weight excluding hydrogens is 292 g/mol. The minimum absolute atomic E-state index is 0.0637. The van der Waals surface area contributed by atoms with Crippen molar-refractivity contribution in [1.29, 1.82) is 0 Å². The molecule has 0 radical (unpaired) electrons. The Morgan fingerprint density at radius 3 is 2.86 bits per heavy atom. The van der Waals surface area contributed by atoms with Crippen LogP contribution in [0.1, 0.15) is 48.9 Å². The van der Waals surface area contributed by atoms with Gasteiger partial charge in [0.2, 0.25) is 0 Å². The molecule has 1 aliphatic heterocycles. The highest BCUT2D eigenvalue weighted by Gasteiger charge is 2.42. The fraction of sp³-hybridized carbons (Fsp3) is 0.562. The fourth-order valence-corrected chi connectivity index (χ4v) is 3.55. The predicted octanol–water partition coefficient (Wildman–Crippen LogP) is 3.91. The summed E-state index contributed by atoms with van der Waals surface area (Å²) in [5.41, 5.74) is 0.161. The monoisotopic (exact) mass is 310 g/mol. The number of rotatable bonds is 4. The van der Waals surface area contributed by atoms with Gasteiger partial charge in [0.25, 0.3) is 0 Å². The number of benzene rings is 1. The molecule has 114 valence electrons. The fourth-order valence-electron chi connectivity index (χ4n) is 3.35. The van der Waals surface area contributed by atoms with Crippen molar-refractivity contribution in [1.82, 2.24) is 0 Å². The van der Waals surface area contributed by atoms with Crippen LogP contribution in [0.25, 0.3) is 0 Å². The molecule has 3 rings (SSSR count). The number of aromatic carboxylic acids is 1. The summed E-state index contributed by atoms with van der Waals surface area (Å²) in [6, 6.07) is 4.70.